The number of oxime groups is 1. The van der Waals surface area contributed by atoms with Crippen LogP contribution in [0.5, 0.6) is 0 Å². The molecule has 0 unspecified atom stereocenters. The Morgan fingerprint density at radius 2 is 2.19 bits per heavy atom. The van der Waals surface area contributed by atoms with Crippen molar-refractivity contribution in [1.29, 1.82) is 0 Å². The van der Waals surface area contributed by atoms with Crippen LogP contribution in [0, 0.1) is 0 Å². The Hall–Kier alpha value is -2.14. The molecule has 0 radical (unpaired) electrons. The maximum Gasteiger partial charge on any atom is 0.268 e. The van der Waals surface area contributed by atoms with Crippen LogP contribution in [-0.4, -0.2) is 23.4 Å². The van der Waals surface area contributed by atoms with Gasteiger partial charge in [-0.3, -0.25) is 4.79 Å². The van der Waals surface area contributed by atoms with E-state index in [9.17, 15) is 4.79 Å². The second-order valence-electron chi connectivity index (χ2n) is 4.90. The zero-order valence-corrected chi connectivity index (χ0v) is 12.6. The minimum absolute atomic E-state index is 0.0336. The molecule has 1 aliphatic heterocycles. The monoisotopic (exact) mass is 300 g/mol. The second-order valence-corrected chi connectivity index (χ2v) is 5.82. The normalized spacial score (nSPS) is 16.0. The van der Waals surface area contributed by atoms with Gasteiger partial charge in [0.25, 0.3) is 5.91 Å². The Kier molecular flexibility index (Phi) is 3.75. The smallest absolute Gasteiger partial charge is 0.268 e. The van der Waals surface area contributed by atoms with Gasteiger partial charge in [-0.15, -0.1) is 11.3 Å². The number of carbonyl (C=O) groups excluding carboxylic acids is 1. The first kappa shape index (κ1) is 13.8. The predicted octanol–water partition coefficient (Wildman–Crippen LogP) is 3.54. The first-order chi connectivity index (χ1) is 10.3. The van der Waals surface area contributed by atoms with Crippen molar-refractivity contribution in [3.05, 3.63) is 51.7 Å². The van der Waals surface area contributed by atoms with Crippen molar-refractivity contribution in [2.75, 3.05) is 11.4 Å². The lowest BCUT2D eigenvalue weighted by atomic mass is 9.99. The molecule has 0 saturated carbocycles. The third kappa shape index (κ3) is 2.34. The molecule has 1 amide bonds. The van der Waals surface area contributed by atoms with Crippen LogP contribution >= 0.6 is 11.3 Å². The zero-order chi connectivity index (χ0) is 14.8. The summed E-state index contributed by atoms with van der Waals surface area (Å²) in [5.74, 6) is 0.0336. The summed E-state index contributed by atoms with van der Waals surface area (Å²) >= 11 is 1.49. The molecular formula is C16H16N2O2S. The van der Waals surface area contributed by atoms with E-state index < -0.39 is 0 Å². The fourth-order valence-corrected chi connectivity index (χ4v) is 3.61. The van der Waals surface area contributed by atoms with Crippen LogP contribution in [0.1, 0.15) is 34.1 Å². The van der Waals surface area contributed by atoms with Gasteiger partial charge in [0.15, 0.2) is 0 Å². The van der Waals surface area contributed by atoms with Crippen LogP contribution < -0.4 is 4.90 Å². The van der Waals surface area contributed by atoms with E-state index in [1.165, 1.54) is 11.3 Å². The molecule has 0 atom stereocenters. The number of para-hydroxylation sites is 1. The minimum atomic E-state index is 0.0336. The van der Waals surface area contributed by atoms with Crippen molar-refractivity contribution < 1.29 is 10.0 Å². The Morgan fingerprint density at radius 3 is 2.95 bits per heavy atom. The van der Waals surface area contributed by atoms with Gasteiger partial charge in [-0.05, 0) is 29.5 Å². The van der Waals surface area contributed by atoms with Crippen LogP contribution in [0.4, 0.5) is 5.69 Å². The standard InChI is InChI=1S/C16H16N2O2S/c1-2-11-8-10-21-15(11)16(19)18-9-7-13(17-20)12-5-3-4-6-14(12)18/h3-6,8,10,20H,2,7,9H2,1H3/b17-13-. The molecule has 2 aromatic rings. The van der Waals surface area contributed by atoms with Crippen molar-refractivity contribution in [1.82, 2.24) is 0 Å². The maximum absolute atomic E-state index is 12.8. The number of thiophene rings is 1. The van der Waals surface area contributed by atoms with Crippen molar-refractivity contribution >= 4 is 28.6 Å². The number of nitrogens with zero attached hydrogens (tertiary/aromatic N) is 2. The molecule has 0 fully saturated rings. The molecule has 2 heterocycles. The van der Waals surface area contributed by atoms with Crippen LogP contribution in [0.3, 0.4) is 0 Å². The first-order valence-corrected chi connectivity index (χ1v) is 7.82. The number of rotatable bonds is 2. The van der Waals surface area contributed by atoms with E-state index in [2.05, 4.69) is 12.1 Å². The third-order valence-electron chi connectivity index (χ3n) is 3.77. The Bertz CT molecular complexity index is 706. The largest absolute Gasteiger partial charge is 0.411 e. The summed E-state index contributed by atoms with van der Waals surface area (Å²) in [5, 5.41) is 14.4. The lowest BCUT2D eigenvalue weighted by Gasteiger charge is -2.29. The van der Waals surface area contributed by atoms with Crippen LogP contribution in [-0.2, 0) is 6.42 Å². The van der Waals surface area contributed by atoms with E-state index in [-0.39, 0.29) is 5.91 Å². The molecule has 4 nitrogen and oxygen atoms in total. The highest BCUT2D eigenvalue weighted by Crippen LogP contribution is 2.30. The number of carbonyl (C=O) groups is 1. The molecule has 0 bridgehead atoms. The molecule has 1 aliphatic rings. The van der Waals surface area contributed by atoms with Gasteiger partial charge in [-0.1, -0.05) is 30.3 Å². The quantitative estimate of drug-likeness (QED) is 0.681. The molecule has 0 aliphatic carbocycles. The van der Waals surface area contributed by atoms with Crippen molar-refractivity contribution in [2.45, 2.75) is 19.8 Å². The van der Waals surface area contributed by atoms with Gasteiger partial charge in [0.2, 0.25) is 0 Å². The van der Waals surface area contributed by atoms with Gasteiger partial charge in [0.05, 0.1) is 16.3 Å². The Labute approximate surface area is 127 Å². The summed E-state index contributed by atoms with van der Waals surface area (Å²) in [7, 11) is 0. The Morgan fingerprint density at radius 1 is 1.38 bits per heavy atom. The predicted molar refractivity (Wildman–Crippen MR) is 84.8 cm³/mol. The summed E-state index contributed by atoms with van der Waals surface area (Å²) in [6.07, 6.45) is 1.41. The minimum Gasteiger partial charge on any atom is -0.411 e. The average Bonchev–Trinajstić information content (AvgIpc) is 3.01. The van der Waals surface area contributed by atoms with E-state index in [1.807, 2.05) is 35.7 Å². The van der Waals surface area contributed by atoms with Gasteiger partial charge in [0.1, 0.15) is 0 Å². The highest BCUT2D eigenvalue weighted by molar-refractivity contribution is 7.12. The number of aryl methyl sites for hydroxylation is 1. The third-order valence-corrected chi connectivity index (χ3v) is 4.71. The van der Waals surface area contributed by atoms with E-state index in [4.69, 9.17) is 5.21 Å². The highest BCUT2D eigenvalue weighted by Gasteiger charge is 2.28. The molecule has 5 heteroatoms. The first-order valence-electron chi connectivity index (χ1n) is 6.94. The van der Waals surface area contributed by atoms with E-state index in [1.54, 1.807) is 4.90 Å². The van der Waals surface area contributed by atoms with E-state index in [0.29, 0.717) is 18.7 Å². The summed E-state index contributed by atoms with van der Waals surface area (Å²) in [4.78, 5) is 15.4. The number of amides is 1. The van der Waals surface area contributed by atoms with Gasteiger partial charge < -0.3 is 10.1 Å². The van der Waals surface area contributed by atoms with Crippen molar-refractivity contribution in [2.24, 2.45) is 5.16 Å². The number of fused-ring (bicyclic) bond motifs is 1. The van der Waals surface area contributed by atoms with Gasteiger partial charge in [-0.2, -0.15) is 0 Å². The zero-order valence-electron chi connectivity index (χ0n) is 11.7. The van der Waals surface area contributed by atoms with Crippen LogP contribution in [0.2, 0.25) is 0 Å². The molecule has 0 spiro atoms. The fourth-order valence-electron chi connectivity index (χ4n) is 2.66. The van der Waals surface area contributed by atoms with Gasteiger partial charge in [-0.25, -0.2) is 0 Å². The summed E-state index contributed by atoms with van der Waals surface area (Å²) in [6, 6.07) is 9.58. The van der Waals surface area contributed by atoms with Crippen LogP contribution in [0.15, 0.2) is 40.9 Å². The van der Waals surface area contributed by atoms with Crippen molar-refractivity contribution in [3.8, 4) is 0 Å². The van der Waals surface area contributed by atoms with Crippen molar-refractivity contribution in [3.63, 3.8) is 0 Å². The molecule has 0 saturated heterocycles. The van der Waals surface area contributed by atoms with Crippen LogP contribution in [0.25, 0.3) is 0 Å². The van der Waals surface area contributed by atoms with Gasteiger partial charge in [0, 0.05) is 18.5 Å². The SMILES string of the molecule is CCc1ccsc1C(=O)N1CC/C(=N/O)c2ccccc21. The second kappa shape index (κ2) is 5.69. The number of hydrogen-bond donors (Lipinski definition) is 1. The molecule has 1 aromatic heterocycles. The summed E-state index contributed by atoms with van der Waals surface area (Å²) < 4.78 is 0. The van der Waals surface area contributed by atoms with Gasteiger partial charge >= 0.3 is 0 Å². The highest BCUT2D eigenvalue weighted by atomic mass is 32.1. The summed E-state index contributed by atoms with van der Waals surface area (Å²) in [5.41, 5.74) is 3.37. The topological polar surface area (TPSA) is 52.9 Å². The molecule has 1 aromatic carbocycles. The number of hydrogen-bond acceptors (Lipinski definition) is 4. The van der Waals surface area contributed by atoms with E-state index in [0.717, 1.165) is 28.1 Å². The Balaban J connectivity index is 2.02. The lowest BCUT2D eigenvalue weighted by Crippen LogP contribution is -2.37. The average molecular weight is 300 g/mol. The lowest BCUT2D eigenvalue weighted by molar-refractivity contribution is 0.0990. The molecular weight excluding hydrogens is 284 g/mol. The number of anilines is 1. The molecule has 21 heavy (non-hydrogen) atoms. The summed E-state index contributed by atoms with van der Waals surface area (Å²) in [6.45, 7) is 2.59. The fraction of sp³-hybridized carbons (Fsp3) is 0.250. The number of benzene rings is 1. The molecule has 1 N–H and O–H groups in total. The van der Waals surface area contributed by atoms with E-state index >= 15 is 0 Å². The molecule has 108 valence electrons. The molecule has 3 rings (SSSR count). The maximum atomic E-state index is 12.8.